The van der Waals surface area contributed by atoms with E-state index in [0.717, 1.165) is 0 Å². The second-order valence-corrected chi connectivity index (χ2v) is 10.5. The van der Waals surface area contributed by atoms with Crippen LogP contribution in [0.4, 0.5) is 0 Å². The summed E-state index contributed by atoms with van der Waals surface area (Å²) in [4.78, 5) is 0. The third-order valence-corrected chi connectivity index (χ3v) is 8.21. The van der Waals surface area contributed by atoms with Gasteiger partial charge in [0.2, 0.25) is 0 Å². The van der Waals surface area contributed by atoms with Crippen LogP contribution in [0.1, 0.15) is 0 Å². The van der Waals surface area contributed by atoms with E-state index in [1.165, 1.54) is 76.5 Å². The summed E-state index contributed by atoms with van der Waals surface area (Å²) < 4.78 is 0. The Morgan fingerprint density at radius 2 is 0.825 bits per heavy atom. The van der Waals surface area contributed by atoms with E-state index in [2.05, 4.69) is 158 Å². The largest absolute Gasteiger partial charge is 0.0622 e. The van der Waals surface area contributed by atoms with Crippen LogP contribution in [0.2, 0.25) is 0 Å². The minimum Gasteiger partial charge on any atom is -0.0622 e. The molecule has 0 heterocycles. The first kappa shape index (κ1) is 22.8. The number of fused-ring (bicyclic) bond motifs is 5. The molecule has 0 unspecified atom stereocenters. The number of hydrogen-bond acceptors (Lipinski definition) is 0. The summed E-state index contributed by atoms with van der Waals surface area (Å²) >= 11 is 0. The van der Waals surface area contributed by atoms with Crippen LogP contribution >= 0.6 is 0 Å². The minimum absolute atomic E-state index is 1.23. The fourth-order valence-corrected chi connectivity index (χ4v) is 6.39. The zero-order valence-electron chi connectivity index (χ0n) is 22.0. The molecule has 8 rings (SSSR count). The standard InChI is InChI=1S/C40H26/c1-2-11-27(12-3-1)31-16-10-17-32(25-31)39-36-20-9-8-19-35(36)38(33-22-21-28-13-4-5-15-30(28)26-33)37-24-23-29-14-6-7-18-34(29)40(37)39/h1-26H. The average molecular weight is 507 g/mol. The van der Waals surface area contributed by atoms with Crippen molar-refractivity contribution in [1.82, 2.24) is 0 Å². The average Bonchev–Trinajstić information content (AvgIpc) is 3.03. The van der Waals surface area contributed by atoms with Gasteiger partial charge in [-0.2, -0.15) is 0 Å². The highest BCUT2D eigenvalue weighted by molar-refractivity contribution is 6.28. The third kappa shape index (κ3) is 3.61. The van der Waals surface area contributed by atoms with Gasteiger partial charge in [-0.25, -0.2) is 0 Å². The predicted molar refractivity (Wildman–Crippen MR) is 173 cm³/mol. The summed E-state index contributed by atoms with van der Waals surface area (Å²) in [5.41, 5.74) is 7.54. The quantitative estimate of drug-likeness (QED) is 0.165. The maximum Gasteiger partial charge on any atom is -0.00141 e. The fraction of sp³-hybridized carbons (Fsp3) is 0. The second kappa shape index (κ2) is 9.22. The fourth-order valence-electron chi connectivity index (χ4n) is 6.39. The van der Waals surface area contributed by atoms with Gasteiger partial charge in [0.1, 0.15) is 0 Å². The smallest absolute Gasteiger partial charge is 0.00141 e. The van der Waals surface area contributed by atoms with Crippen LogP contribution in [0.25, 0.3) is 76.5 Å². The lowest BCUT2D eigenvalue weighted by Gasteiger charge is -2.20. The lowest BCUT2D eigenvalue weighted by molar-refractivity contribution is 1.61. The Kier molecular flexibility index (Phi) is 5.24. The molecule has 0 aromatic heterocycles. The Morgan fingerprint density at radius 1 is 0.250 bits per heavy atom. The first-order valence-corrected chi connectivity index (χ1v) is 13.9. The Hall–Kier alpha value is -5.20. The summed E-state index contributed by atoms with van der Waals surface area (Å²) in [5.74, 6) is 0. The van der Waals surface area contributed by atoms with Gasteiger partial charge in [0.15, 0.2) is 0 Å². The molecule has 0 spiro atoms. The zero-order chi connectivity index (χ0) is 26.5. The van der Waals surface area contributed by atoms with Crippen molar-refractivity contribution in [2.75, 3.05) is 0 Å². The highest BCUT2D eigenvalue weighted by Crippen LogP contribution is 2.46. The van der Waals surface area contributed by atoms with Crippen LogP contribution in [0, 0.1) is 0 Å². The molecule has 0 heteroatoms. The van der Waals surface area contributed by atoms with Gasteiger partial charge in [0, 0.05) is 0 Å². The number of hydrogen-bond donors (Lipinski definition) is 0. The SMILES string of the molecule is c1ccc(-c2cccc(-c3c4ccccc4c(-c4ccc5ccccc5c4)c4ccc5ccccc5c34)c2)cc1. The van der Waals surface area contributed by atoms with Crippen molar-refractivity contribution in [2.24, 2.45) is 0 Å². The van der Waals surface area contributed by atoms with Gasteiger partial charge in [-0.3, -0.25) is 0 Å². The maximum atomic E-state index is 2.36. The molecule has 0 fully saturated rings. The normalized spacial score (nSPS) is 11.5. The van der Waals surface area contributed by atoms with Gasteiger partial charge < -0.3 is 0 Å². The number of benzene rings is 8. The summed E-state index contributed by atoms with van der Waals surface area (Å²) in [6.45, 7) is 0. The minimum atomic E-state index is 1.23. The van der Waals surface area contributed by atoms with Gasteiger partial charge >= 0.3 is 0 Å². The van der Waals surface area contributed by atoms with Crippen molar-refractivity contribution >= 4 is 43.1 Å². The lowest BCUT2D eigenvalue weighted by atomic mass is 9.83. The molecule has 0 nitrogen and oxygen atoms in total. The molecule has 0 aliphatic carbocycles. The molecule has 0 N–H and O–H groups in total. The lowest BCUT2D eigenvalue weighted by Crippen LogP contribution is -1.92. The first-order valence-electron chi connectivity index (χ1n) is 13.9. The van der Waals surface area contributed by atoms with E-state index in [4.69, 9.17) is 0 Å². The van der Waals surface area contributed by atoms with Gasteiger partial charge in [0.05, 0.1) is 0 Å². The molecule has 0 saturated carbocycles. The van der Waals surface area contributed by atoms with Crippen LogP contribution < -0.4 is 0 Å². The molecule has 0 radical (unpaired) electrons. The maximum absolute atomic E-state index is 2.36. The molecule has 0 amide bonds. The molecule has 0 aliphatic heterocycles. The van der Waals surface area contributed by atoms with Gasteiger partial charge in [-0.15, -0.1) is 0 Å². The Morgan fingerprint density at radius 3 is 1.65 bits per heavy atom. The van der Waals surface area contributed by atoms with E-state index in [0.29, 0.717) is 0 Å². The van der Waals surface area contributed by atoms with Gasteiger partial charge in [0.25, 0.3) is 0 Å². The number of rotatable bonds is 3. The molecular weight excluding hydrogens is 480 g/mol. The zero-order valence-corrected chi connectivity index (χ0v) is 22.0. The molecule has 8 aromatic rings. The molecule has 0 saturated heterocycles. The van der Waals surface area contributed by atoms with Crippen LogP contribution in [-0.4, -0.2) is 0 Å². The van der Waals surface area contributed by atoms with Gasteiger partial charge in [-0.05, 0) is 88.6 Å². The van der Waals surface area contributed by atoms with Crippen molar-refractivity contribution in [3.8, 4) is 33.4 Å². The Balaban J connectivity index is 1.53. The van der Waals surface area contributed by atoms with Crippen LogP contribution in [0.3, 0.4) is 0 Å². The third-order valence-electron chi connectivity index (χ3n) is 8.21. The van der Waals surface area contributed by atoms with E-state index in [1.807, 2.05) is 0 Å². The van der Waals surface area contributed by atoms with E-state index in [-0.39, 0.29) is 0 Å². The molecule has 0 bridgehead atoms. The molecule has 186 valence electrons. The Labute approximate surface area is 233 Å². The molecule has 0 atom stereocenters. The summed E-state index contributed by atoms with van der Waals surface area (Å²) in [7, 11) is 0. The molecular formula is C40H26. The van der Waals surface area contributed by atoms with E-state index in [9.17, 15) is 0 Å². The van der Waals surface area contributed by atoms with Crippen molar-refractivity contribution in [3.63, 3.8) is 0 Å². The van der Waals surface area contributed by atoms with E-state index < -0.39 is 0 Å². The predicted octanol–water partition coefficient (Wildman–Crippen LogP) is 11.3. The molecule has 8 aromatic carbocycles. The summed E-state index contributed by atoms with van der Waals surface area (Å²) in [6, 6.07) is 57.6. The first-order chi connectivity index (χ1) is 19.8. The Bertz CT molecular complexity index is 2200. The topological polar surface area (TPSA) is 0 Å². The second-order valence-electron chi connectivity index (χ2n) is 10.5. The van der Waals surface area contributed by atoms with Crippen molar-refractivity contribution < 1.29 is 0 Å². The molecule has 40 heavy (non-hydrogen) atoms. The highest BCUT2D eigenvalue weighted by atomic mass is 14.2. The molecule has 0 aliphatic rings. The highest BCUT2D eigenvalue weighted by Gasteiger charge is 2.19. The van der Waals surface area contributed by atoms with Crippen molar-refractivity contribution in [2.45, 2.75) is 0 Å². The summed E-state index contributed by atoms with van der Waals surface area (Å²) in [6.07, 6.45) is 0. The van der Waals surface area contributed by atoms with E-state index >= 15 is 0 Å². The summed E-state index contributed by atoms with van der Waals surface area (Å²) in [5, 5.41) is 10.2. The monoisotopic (exact) mass is 506 g/mol. The van der Waals surface area contributed by atoms with Crippen LogP contribution in [-0.2, 0) is 0 Å². The van der Waals surface area contributed by atoms with Crippen LogP contribution in [0.15, 0.2) is 158 Å². The van der Waals surface area contributed by atoms with Gasteiger partial charge in [-0.1, -0.05) is 146 Å². The van der Waals surface area contributed by atoms with Crippen molar-refractivity contribution in [3.05, 3.63) is 158 Å². The van der Waals surface area contributed by atoms with E-state index in [1.54, 1.807) is 0 Å². The van der Waals surface area contributed by atoms with Crippen molar-refractivity contribution in [1.29, 1.82) is 0 Å². The van der Waals surface area contributed by atoms with Crippen LogP contribution in [0.5, 0.6) is 0 Å².